The highest BCUT2D eigenvalue weighted by Crippen LogP contribution is 1.88. The summed E-state index contributed by atoms with van der Waals surface area (Å²) in [5.74, 6) is -0.667. The summed E-state index contributed by atoms with van der Waals surface area (Å²) >= 11 is 0. The standard InChI is InChI=1S/C5H7NO3/c1-8-4(3-6)5(7)9-2/h4H,1-2H3. The Labute approximate surface area is 53.0 Å². The maximum atomic E-state index is 10.4. The van der Waals surface area contributed by atoms with Crippen molar-refractivity contribution in [3.05, 3.63) is 0 Å². The number of hydrogen-bond acceptors (Lipinski definition) is 4. The molecule has 4 heteroatoms. The molecule has 0 saturated carbocycles. The average molecular weight is 129 g/mol. The van der Waals surface area contributed by atoms with Gasteiger partial charge in [-0.25, -0.2) is 4.79 Å². The van der Waals surface area contributed by atoms with Crippen LogP contribution in [0.3, 0.4) is 0 Å². The first kappa shape index (κ1) is 7.92. The van der Waals surface area contributed by atoms with E-state index in [1.807, 2.05) is 0 Å². The summed E-state index contributed by atoms with van der Waals surface area (Å²) in [5.41, 5.74) is 0. The summed E-state index contributed by atoms with van der Waals surface area (Å²) in [4.78, 5) is 10.4. The largest absolute Gasteiger partial charge is 0.466 e. The van der Waals surface area contributed by atoms with E-state index in [4.69, 9.17) is 5.26 Å². The van der Waals surface area contributed by atoms with Gasteiger partial charge in [0.15, 0.2) is 0 Å². The molecule has 0 rings (SSSR count). The molecule has 0 aromatic rings. The second-order valence-corrected chi connectivity index (χ2v) is 1.27. The molecular formula is C5H7NO3. The quantitative estimate of drug-likeness (QED) is 0.480. The third-order valence-electron chi connectivity index (χ3n) is 0.768. The Kier molecular flexibility index (Phi) is 3.40. The molecule has 0 spiro atoms. The van der Waals surface area contributed by atoms with E-state index < -0.39 is 12.1 Å². The van der Waals surface area contributed by atoms with E-state index in [0.717, 1.165) is 0 Å². The number of ether oxygens (including phenoxy) is 2. The molecule has 0 aliphatic heterocycles. The fourth-order valence-electron chi connectivity index (χ4n) is 0.309. The highest BCUT2D eigenvalue weighted by Gasteiger charge is 2.15. The van der Waals surface area contributed by atoms with Gasteiger partial charge in [-0.05, 0) is 0 Å². The second-order valence-electron chi connectivity index (χ2n) is 1.27. The summed E-state index contributed by atoms with van der Waals surface area (Å²) < 4.78 is 8.62. The van der Waals surface area contributed by atoms with E-state index in [-0.39, 0.29) is 0 Å². The summed E-state index contributed by atoms with van der Waals surface area (Å²) in [6, 6.07) is 1.61. The van der Waals surface area contributed by atoms with Crippen molar-refractivity contribution >= 4 is 5.97 Å². The van der Waals surface area contributed by atoms with Gasteiger partial charge in [0.05, 0.1) is 7.11 Å². The highest BCUT2D eigenvalue weighted by molar-refractivity contribution is 5.77. The lowest BCUT2D eigenvalue weighted by molar-refractivity contribution is -0.148. The molecule has 9 heavy (non-hydrogen) atoms. The maximum absolute atomic E-state index is 10.4. The molecule has 0 radical (unpaired) electrons. The molecule has 0 saturated heterocycles. The number of nitrogens with zero attached hydrogens (tertiary/aromatic N) is 1. The first-order valence-electron chi connectivity index (χ1n) is 2.26. The van der Waals surface area contributed by atoms with Crippen molar-refractivity contribution in [2.75, 3.05) is 14.2 Å². The van der Waals surface area contributed by atoms with Crippen LogP contribution in [0.25, 0.3) is 0 Å². The molecule has 4 nitrogen and oxygen atoms in total. The molecular weight excluding hydrogens is 122 g/mol. The van der Waals surface area contributed by atoms with Crippen LogP contribution in [0.5, 0.6) is 0 Å². The number of carbonyl (C=O) groups excluding carboxylic acids is 1. The number of rotatable bonds is 2. The van der Waals surface area contributed by atoms with Crippen molar-refractivity contribution in [1.82, 2.24) is 0 Å². The summed E-state index contributed by atoms with van der Waals surface area (Å²) in [6.07, 6.45) is -1.09. The zero-order valence-electron chi connectivity index (χ0n) is 5.25. The number of methoxy groups -OCH3 is 2. The van der Waals surface area contributed by atoms with Crippen LogP contribution in [0.2, 0.25) is 0 Å². The van der Waals surface area contributed by atoms with Crippen molar-refractivity contribution in [2.45, 2.75) is 6.10 Å². The molecule has 0 fully saturated rings. The van der Waals surface area contributed by atoms with Crippen molar-refractivity contribution in [3.8, 4) is 6.07 Å². The first-order valence-corrected chi connectivity index (χ1v) is 2.26. The fourth-order valence-corrected chi connectivity index (χ4v) is 0.309. The molecule has 0 heterocycles. The molecule has 0 aromatic carbocycles. The second kappa shape index (κ2) is 3.87. The van der Waals surface area contributed by atoms with Gasteiger partial charge in [0.25, 0.3) is 0 Å². The lowest BCUT2D eigenvalue weighted by atomic mass is 10.4. The zero-order valence-corrected chi connectivity index (χ0v) is 5.25. The third-order valence-corrected chi connectivity index (χ3v) is 0.768. The Bertz CT molecular complexity index is 138. The first-order chi connectivity index (χ1) is 4.26. The lowest BCUT2D eigenvalue weighted by Crippen LogP contribution is -2.21. The minimum absolute atomic E-state index is 0.667. The van der Waals surface area contributed by atoms with Crippen molar-refractivity contribution in [3.63, 3.8) is 0 Å². The van der Waals surface area contributed by atoms with Gasteiger partial charge >= 0.3 is 5.97 Å². The maximum Gasteiger partial charge on any atom is 0.349 e. The van der Waals surface area contributed by atoms with Crippen molar-refractivity contribution in [1.29, 1.82) is 5.26 Å². The Morgan fingerprint density at radius 3 is 2.33 bits per heavy atom. The van der Waals surface area contributed by atoms with Gasteiger partial charge in [0.1, 0.15) is 6.07 Å². The van der Waals surface area contributed by atoms with Crippen LogP contribution in [0, 0.1) is 11.3 Å². The Hall–Kier alpha value is -1.08. The van der Waals surface area contributed by atoms with Crippen molar-refractivity contribution < 1.29 is 14.3 Å². The smallest absolute Gasteiger partial charge is 0.349 e. The van der Waals surface area contributed by atoms with Gasteiger partial charge in [0, 0.05) is 7.11 Å². The summed E-state index contributed by atoms with van der Waals surface area (Å²) in [6.45, 7) is 0. The van der Waals surface area contributed by atoms with E-state index in [0.29, 0.717) is 0 Å². The summed E-state index contributed by atoms with van der Waals surface area (Å²) in [5, 5.41) is 8.15. The molecule has 0 N–H and O–H groups in total. The highest BCUT2D eigenvalue weighted by atomic mass is 16.6. The molecule has 0 aromatic heterocycles. The van der Waals surface area contributed by atoms with E-state index >= 15 is 0 Å². The average Bonchev–Trinajstić information content (AvgIpc) is 1.90. The minimum Gasteiger partial charge on any atom is -0.466 e. The van der Waals surface area contributed by atoms with Crippen LogP contribution in [0.4, 0.5) is 0 Å². The molecule has 0 bridgehead atoms. The molecule has 1 atom stereocenters. The van der Waals surface area contributed by atoms with Gasteiger partial charge in [-0.1, -0.05) is 0 Å². The Morgan fingerprint density at radius 2 is 2.22 bits per heavy atom. The zero-order chi connectivity index (χ0) is 7.28. The normalized spacial score (nSPS) is 11.7. The Balaban J connectivity index is 3.84. The predicted octanol–water partition coefficient (Wildman–Crippen LogP) is -0.302. The minimum atomic E-state index is -1.09. The molecule has 1 unspecified atom stereocenters. The van der Waals surface area contributed by atoms with Crippen LogP contribution < -0.4 is 0 Å². The fraction of sp³-hybridized carbons (Fsp3) is 0.600. The van der Waals surface area contributed by atoms with Gasteiger partial charge in [-0.3, -0.25) is 0 Å². The van der Waals surface area contributed by atoms with Gasteiger partial charge < -0.3 is 9.47 Å². The van der Waals surface area contributed by atoms with Crippen LogP contribution in [0.15, 0.2) is 0 Å². The van der Waals surface area contributed by atoms with Crippen LogP contribution in [-0.2, 0) is 14.3 Å². The van der Waals surface area contributed by atoms with Gasteiger partial charge in [0.2, 0.25) is 6.10 Å². The lowest BCUT2D eigenvalue weighted by Gasteiger charge is -2.01. The molecule has 0 aliphatic rings. The SMILES string of the molecule is COC(=O)C(C#N)OC. The number of hydrogen-bond donors (Lipinski definition) is 0. The van der Waals surface area contributed by atoms with Gasteiger partial charge in [-0.15, -0.1) is 0 Å². The number of carbonyl (C=O) groups is 1. The van der Waals surface area contributed by atoms with Gasteiger partial charge in [-0.2, -0.15) is 5.26 Å². The van der Waals surface area contributed by atoms with E-state index in [2.05, 4.69) is 9.47 Å². The monoisotopic (exact) mass is 129 g/mol. The molecule has 0 amide bonds. The van der Waals surface area contributed by atoms with E-state index in [9.17, 15) is 4.79 Å². The van der Waals surface area contributed by atoms with Crippen LogP contribution in [0.1, 0.15) is 0 Å². The summed E-state index contributed by atoms with van der Waals surface area (Å²) in [7, 11) is 2.47. The van der Waals surface area contributed by atoms with Crippen LogP contribution >= 0.6 is 0 Å². The molecule has 0 aliphatic carbocycles. The third kappa shape index (κ3) is 2.11. The topological polar surface area (TPSA) is 59.3 Å². The van der Waals surface area contributed by atoms with Crippen molar-refractivity contribution in [2.24, 2.45) is 0 Å². The number of nitriles is 1. The predicted molar refractivity (Wildman–Crippen MR) is 28.4 cm³/mol. The Morgan fingerprint density at radius 1 is 1.67 bits per heavy atom. The van der Waals surface area contributed by atoms with Crippen LogP contribution in [-0.4, -0.2) is 26.3 Å². The molecule has 50 valence electrons. The number of esters is 1. The van der Waals surface area contributed by atoms with E-state index in [1.165, 1.54) is 14.2 Å². The van der Waals surface area contributed by atoms with E-state index in [1.54, 1.807) is 6.07 Å².